The maximum atomic E-state index is 10.4. The molecule has 2 aliphatic carbocycles. The van der Waals surface area contributed by atoms with Gasteiger partial charge in [0, 0.05) is 5.41 Å². The Hall–Kier alpha value is -0.380. The van der Waals surface area contributed by atoms with Crippen LogP contribution in [0.15, 0.2) is 12.2 Å². The molecule has 2 rings (SSSR count). The van der Waals surface area contributed by atoms with E-state index in [2.05, 4.69) is 13.5 Å². The minimum Gasteiger partial charge on any atom is -0.396 e. The third-order valence-electron chi connectivity index (χ3n) is 6.15. The summed E-state index contributed by atoms with van der Waals surface area (Å²) in [7, 11) is 0. The molecule has 1 unspecified atom stereocenters. The number of nitrogens with two attached hydrogens (primary N) is 1. The average Bonchev–Trinajstić information content (AvgIpc) is 2.39. The van der Waals surface area contributed by atoms with Gasteiger partial charge in [0.25, 0.3) is 0 Å². The summed E-state index contributed by atoms with van der Waals surface area (Å²) in [5, 5.41) is 20.2. The molecule has 0 heterocycles. The molecule has 0 saturated heterocycles. The third kappa shape index (κ3) is 2.16. The molecule has 2 saturated carbocycles. The van der Waals surface area contributed by atoms with E-state index in [9.17, 15) is 10.2 Å². The molecule has 5 atom stereocenters. The number of aliphatic hydroxyl groups excluding tert-OH is 2. The fraction of sp³-hybridized carbons (Fsp3) is 0.875. The first kappa shape index (κ1) is 15.0. The van der Waals surface area contributed by atoms with E-state index in [0.29, 0.717) is 18.4 Å². The Kier molecular flexibility index (Phi) is 4.10. The molecule has 0 aromatic rings. The van der Waals surface area contributed by atoms with Crippen molar-refractivity contribution in [2.75, 3.05) is 13.2 Å². The van der Waals surface area contributed by atoms with Crippen molar-refractivity contribution in [2.24, 2.45) is 28.4 Å². The number of hydrogen-bond acceptors (Lipinski definition) is 3. The second-order valence-electron chi connectivity index (χ2n) is 7.10. The van der Waals surface area contributed by atoms with E-state index in [0.717, 1.165) is 32.1 Å². The first-order chi connectivity index (χ1) is 8.90. The highest BCUT2D eigenvalue weighted by Gasteiger charge is 2.57. The van der Waals surface area contributed by atoms with Gasteiger partial charge < -0.3 is 15.9 Å². The van der Waals surface area contributed by atoms with Gasteiger partial charge in [-0.05, 0) is 55.9 Å². The van der Waals surface area contributed by atoms with Crippen molar-refractivity contribution < 1.29 is 10.2 Å². The topological polar surface area (TPSA) is 66.5 Å². The summed E-state index contributed by atoms with van der Waals surface area (Å²) < 4.78 is 0. The Bertz CT molecular complexity index is 357. The highest BCUT2D eigenvalue weighted by atomic mass is 16.3. The normalized spacial score (nSPS) is 47.0. The number of hydrogen-bond donors (Lipinski definition) is 3. The van der Waals surface area contributed by atoms with Gasteiger partial charge in [-0.15, -0.1) is 0 Å². The maximum Gasteiger partial charge on any atom is 0.0618 e. The highest BCUT2D eigenvalue weighted by molar-refractivity contribution is 5.17. The predicted octanol–water partition coefficient (Wildman–Crippen LogP) is 2.08. The molecule has 19 heavy (non-hydrogen) atoms. The van der Waals surface area contributed by atoms with Gasteiger partial charge in [0.1, 0.15) is 0 Å². The fourth-order valence-electron chi connectivity index (χ4n) is 4.90. The van der Waals surface area contributed by atoms with E-state index < -0.39 is 0 Å². The van der Waals surface area contributed by atoms with Gasteiger partial charge in [0.05, 0.1) is 12.7 Å². The highest BCUT2D eigenvalue weighted by Crippen LogP contribution is 2.61. The van der Waals surface area contributed by atoms with Crippen molar-refractivity contribution in [2.45, 2.75) is 52.1 Å². The molecule has 3 heteroatoms. The average molecular weight is 267 g/mol. The lowest BCUT2D eigenvalue weighted by Crippen LogP contribution is -2.57. The molecule has 0 amide bonds. The van der Waals surface area contributed by atoms with Crippen molar-refractivity contribution in [1.82, 2.24) is 0 Å². The van der Waals surface area contributed by atoms with Crippen molar-refractivity contribution in [3.8, 4) is 0 Å². The molecule has 2 aliphatic rings. The molecule has 2 fully saturated rings. The van der Waals surface area contributed by atoms with Crippen LogP contribution < -0.4 is 5.73 Å². The smallest absolute Gasteiger partial charge is 0.0618 e. The summed E-state index contributed by atoms with van der Waals surface area (Å²) in [5.74, 6) is 0.797. The van der Waals surface area contributed by atoms with Gasteiger partial charge in [-0.1, -0.05) is 26.0 Å². The quantitative estimate of drug-likeness (QED) is 0.686. The summed E-state index contributed by atoms with van der Waals surface area (Å²) >= 11 is 0. The molecule has 4 N–H and O–H groups in total. The van der Waals surface area contributed by atoms with Crippen molar-refractivity contribution in [1.29, 1.82) is 0 Å². The monoisotopic (exact) mass is 267 g/mol. The van der Waals surface area contributed by atoms with Crippen LogP contribution >= 0.6 is 0 Å². The second kappa shape index (κ2) is 5.19. The van der Waals surface area contributed by atoms with Crippen molar-refractivity contribution >= 4 is 0 Å². The fourth-order valence-corrected chi connectivity index (χ4v) is 4.90. The summed E-state index contributed by atoms with van der Waals surface area (Å²) in [6.07, 6.45) is 4.41. The van der Waals surface area contributed by atoms with Gasteiger partial charge >= 0.3 is 0 Å². The summed E-state index contributed by atoms with van der Waals surface area (Å²) in [4.78, 5) is 0. The molecule has 0 aliphatic heterocycles. The zero-order valence-electron chi connectivity index (χ0n) is 12.4. The summed E-state index contributed by atoms with van der Waals surface area (Å²) in [6, 6.07) is 0. The number of aliphatic hydroxyl groups is 2. The van der Waals surface area contributed by atoms with Gasteiger partial charge in [0.15, 0.2) is 0 Å². The minimum absolute atomic E-state index is 0.0657. The predicted molar refractivity (Wildman–Crippen MR) is 77.6 cm³/mol. The Morgan fingerprint density at radius 3 is 2.63 bits per heavy atom. The van der Waals surface area contributed by atoms with Crippen LogP contribution in [0.1, 0.15) is 46.0 Å². The molecular weight excluding hydrogens is 238 g/mol. The van der Waals surface area contributed by atoms with Crippen molar-refractivity contribution in [3.05, 3.63) is 12.2 Å². The van der Waals surface area contributed by atoms with E-state index in [1.54, 1.807) is 0 Å². The van der Waals surface area contributed by atoms with Gasteiger partial charge in [-0.25, -0.2) is 0 Å². The SMILES string of the molecule is C=C1CCC2[C@](C)(CO)[C@H](O)CC[C@@]2(C)[C@@H]1CCN. The molecule has 0 radical (unpaired) electrons. The van der Waals surface area contributed by atoms with Crippen LogP contribution in [0.2, 0.25) is 0 Å². The number of rotatable bonds is 3. The summed E-state index contributed by atoms with van der Waals surface area (Å²) in [6.45, 7) is 9.38. The summed E-state index contributed by atoms with van der Waals surface area (Å²) in [5.41, 5.74) is 6.87. The molecule has 0 aromatic heterocycles. The van der Waals surface area contributed by atoms with Crippen molar-refractivity contribution in [3.63, 3.8) is 0 Å². The largest absolute Gasteiger partial charge is 0.396 e. The van der Waals surface area contributed by atoms with E-state index in [1.807, 2.05) is 6.92 Å². The molecule has 0 aromatic carbocycles. The van der Waals surface area contributed by atoms with Crippen LogP contribution in [0.5, 0.6) is 0 Å². The molecular formula is C16H29NO2. The lowest BCUT2D eigenvalue weighted by Gasteiger charge is -2.60. The first-order valence-electron chi connectivity index (χ1n) is 7.57. The molecule has 110 valence electrons. The van der Waals surface area contributed by atoms with Gasteiger partial charge in [0.2, 0.25) is 0 Å². The Morgan fingerprint density at radius 1 is 1.37 bits per heavy atom. The van der Waals surface area contributed by atoms with Crippen LogP contribution in [0.25, 0.3) is 0 Å². The Labute approximate surface area is 116 Å². The lowest BCUT2D eigenvalue weighted by molar-refractivity contribution is -0.152. The molecule has 3 nitrogen and oxygen atoms in total. The van der Waals surface area contributed by atoms with Crippen LogP contribution in [-0.4, -0.2) is 29.5 Å². The van der Waals surface area contributed by atoms with E-state index in [1.165, 1.54) is 5.57 Å². The standard InChI is InChI=1S/C16H29NO2/c1-11-4-5-13-15(2,12(11)7-9-17)8-6-14(19)16(13,3)10-18/h12-14,18-19H,1,4-10,17H2,2-3H3/t12-,13?,14-,15+,16+/m1/s1. The zero-order chi connectivity index (χ0) is 14.3. The van der Waals surface area contributed by atoms with E-state index in [4.69, 9.17) is 5.73 Å². The second-order valence-corrected chi connectivity index (χ2v) is 7.10. The Morgan fingerprint density at radius 2 is 2.05 bits per heavy atom. The number of allylic oxidation sites excluding steroid dienone is 1. The lowest BCUT2D eigenvalue weighted by atomic mass is 9.46. The van der Waals surface area contributed by atoms with Gasteiger partial charge in [-0.3, -0.25) is 0 Å². The van der Waals surface area contributed by atoms with Crippen LogP contribution in [0.4, 0.5) is 0 Å². The molecule has 0 bridgehead atoms. The van der Waals surface area contributed by atoms with Gasteiger partial charge in [-0.2, -0.15) is 0 Å². The molecule has 0 spiro atoms. The number of fused-ring (bicyclic) bond motifs is 1. The van der Waals surface area contributed by atoms with E-state index in [-0.39, 0.29) is 23.5 Å². The minimum atomic E-state index is -0.388. The first-order valence-corrected chi connectivity index (χ1v) is 7.57. The maximum absolute atomic E-state index is 10.4. The van der Waals surface area contributed by atoms with E-state index >= 15 is 0 Å². The van der Waals surface area contributed by atoms with Crippen LogP contribution in [0, 0.1) is 22.7 Å². The Balaban J connectivity index is 2.37. The third-order valence-corrected chi connectivity index (χ3v) is 6.15. The zero-order valence-corrected chi connectivity index (χ0v) is 12.4. The van der Waals surface area contributed by atoms with Crippen LogP contribution in [-0.2, 0) is 0 Å². The van der Waals surface area contributed by atoms with Crippen LogP contribution in [0.3, 0.4) is 0 Å².